The summed E-state index contributed by atoms with van der Waals surface area (Å²) in [5.74, 6) is -1.36. The van der Waals surface area contributed by atoms with Gasteiger partial charge in [0.2, 0.25) is 10.0 Å². The number of sulfonamides is 1. The van der Waals surface area contributed by atoms with Crippen molar-refractivity contribution in [3.8, 4) is 0 Å². The number of fused-ring (bicyclic) bond motifs is 1. The van der Waals surface area contributed by atoms with E-state index < -0.39 is 45.6 Å². The van der Waals surface area contributed by atoms with Gasteiger partial charge in [0.25, 0.3) is 0 Å². The number of anilines is 1. The Morgan fingerprint density at radius 3 is 2.56 bits per heavy atom. The van der Waals surface area contributed by atoms with Crippen LogP contribution in [-0.4, -0.2) is 42.4 Å². The Balaban J connectivity index is 1.86. The predicted octanol–water partition coefficient (Wildman–Crippen LogP) is 3.26. The van der Waals surface area contributed by atoms with Gasteiger partial charge in [-0.05, 0) is 31.4 Å². The molecule has 0 saturated heterocycles. The summed E-state index contributed by atoms with van der Waals surface area (Å²) in [5.41, 5.74) is -0.378. The molecule has 2 aromatic rings. The maximum atomic E-state index is 13.0. The van der Waals surface area contributed by atoms with Crippen molar-refractivity contribution in [1.29, 1.82) is 0 Å². The number of nitrogens with two attached hydrogens (primary N) is 1. The Bertz CT molecular complexity index is 1240. The first-order chi connectivity index (χ1) is 15.8. The van der Waals surface area contributed by atoms with E-state index in [0.717, 1.165) is 12.3 Å². The van der Waals surface area contributed by atoms with Crippen LogP contribution in [-0.2, 0) is 24.3 Å². The van der Waals surface area contributed by atoms with Gasteiger partial charge >= 0.3 is 18.7 Å². The summed E-state index contributed by atoms with van der Waals surface area (Å²) >= 11 is 0. The van der Waals surface area contributed by atoms with Gasteiger partial charge in [0.15, 0.2) is 0 Å². The number of hydrogen-bond donors (Lipinski definition) is 2. The number of nitrogens with zero attached hydrogens (tertiary/aromatic N) is 2. The quantitative estimate of drug-likeness (QED) is 0.332. The summed E-state index contributed by atoms with van der Waals surface area (Å²) in [7, 11) is -4.38. The molecule has 0 amide bonds. The van der Waals surface area contributed by atoms with Crippen molar-refractivity contribution in [2.75, 3.05) is 5.32 Å². The van der Waals surface area contributed by atoms with Crippen LogP contribution in [0, 0.1) is 5.92 Å². The molecule has 1 aliphatic rings. The molecule has 9 nitrogen and oxygen atoms in total. The third kappa shape index (κ3) is 5.90. The highest BCUT2D eigenvalue weighted by atomic mass is 32.2. The van der Waals surface area contributed by atoms with Crippen molar-refractivity contribution in [1.82, 2.24) is 9.78 Å². The summed E-state index contributed by atoms with van der Waals surface area (Å²) in [5, 5.41) is 11.2. The number of esters is 1. The highest BCUT2D eigenvalue weighted by molar-refractivity contribution is 7.89. The van der Waals surface area contributed by atoms with Gasteiger partial charge in [0.05, 0.1) is 10.4 Å². The van der Waals surface area contributed by atoms with Crippen molar-refractivity contribution in [3.63, 3.8) is 0 Å². The molecular weight excluding hydrogens is 491 g/mol. The van der Waals surface area contributed by atoms with E-state index >= 15 is 0 Å². The van der Waals surface area contributed by atoms with Gasteiger partial charge < -0.3 is 10.1 Å². The largest absolute Gasteiger partial charge is 0.490 e. The third-order valence-corrected chi connectivity index (χ3v) is 6.28. The first kappa shape index (κ1) is 25.6. The van der Waals surface area contributed by atoms with E-state index in [4.69, 9.17) is 5.14 Å². The van der Waals surface area contributed by atoms with E-state index in [1.165, 1.54) is 6.07 Å². The lowest BCUT2D eigenvalue weighted by molar-refractivity contribution is -0.208. The number of aromatic nitrogens is 2. The van der Waals surface area contributed by atoms with Gasteiger partial charge in [0.1, 0.15) is 17.7 Å². The summed E-state index contributed by atoms with van der Waals surface area (Å²) in [6.07, 6.45) is -3.91. The minimum Gasteiger partial charge on any atom is -0.455 e. The van der Waals surface area contributed by atoms with Gasteiger partial charge in [-0.15, -0.1) is 0 Å². The number of halogens is 5. The van der Waals surface area contributed by atoms with Crippen LogP contribution in [0.1, 0.15) is 38.7 Å². The number of nitrogens with one attached hydrogen (secondary N) is 1. The Morgan fingerprint density at radius 2 is 1.97 bits per heavy atom. The maximum Gasteiger partial charge on any atom is 0.490 e. The number of alkyl halides is 5. The van der Waals surface area contributed by atoms with Crippen LogP contribution in [0.3, 0.4) is 0 Å². The number of carbonyl (C=O) groups is 1. The minimum atomic E-state index is -5.16. The number of primary sulfonamides is 1. The van der Waals surface area contributed by atoms with Crippen LogP contribution in [0.2, 0.25) is 0 Å². The lowest BCUT2D eigenvalue weighted by Gasteiger charge is -2.31. The normalized spacial score (nSPS) is 19.1. The molecular formula is C19H19F5N4O5S. The van der Waals surface area contributed by atoms with Crippen molar-refractivity contribution in [2.24, 2.45) is 11.1 Å². The number of rotatable bonds is 7. The molecule has 15 heteroatoms. The van der Waals surface area contributed by atoms with Crippen LogP contribution in [0.5, 0.6) is 0 Å². The number of allylic oxidation sites excluding steroid dienone is 1. The standard InChI is InChI=1S/C19H19F5N4O5S/c20-18(21)28-8-13-14(27-28)6-11(7-16(13)34(25,31)32)26-12(9-29)5-10-3-1-2-4-15(10)33-17(30)19(22,23)24/h6-8,10,15,18,26H,1-5H2,(H2,25,31,32). The molecule has 1 aromatic heterocycles. The molecule has 1 saturated carbocycles. The second-order valence-corrected chi connectivity index (χ2v) is 9.26. The predicted molar refractivity (Wildman–Crippen MR) is 108 cm³/mol. The Morgan fingerprint density at radius 1 is 1.29 bits per heavy atom. The molecule has 3 N–H and O–H groups in total. The lowest BCUT2D eigenvalue weighted by atomic mass is 9.83. The Labute approximate surface area is 189 Å². The van der Waals surface area contributed by atoms with E-state index in [2.05, 4.69) is 15.2 Å². The van der Waals surface area contributed by atoms with Crippen molar-refractivity contribution in [3.05, 3.63) is 24.0 Å². The topological polar surface area (TPSA) is 133 Å². The van der Waals surface area contributed by atoms with E-state index in [-0.39, 0.29) is 39.8 Å². The minimum absolute atomic E-state index is 0.0472. The fourth-order valence-electron chi connectivity index (χ4n) is 3.84. The fourth-order valence-corrected chi connectivity index (χ4v) is 4.59. The van der Waals surface area contributed by atoms with Crippen LogP contribution in [0.4, 0.5) is 27.6 Å². The molecule has 0 bridgehead atoms. The van der Waals surface area contributed by atoms with E-state index in [1.54, 1.807) is 5.94 Å². The number of carbonyl (C=O) groups excluding carboxylic acids is 2. The first-order valence-corrected chi connectivity index (χ1v) is 11.5. The molecule has 1 heterocycles. The van der Waals surface area contributed by atoms with Crippen LogP contribution < -0.4 is 10.5 Å². The average Bonchev–Trinajstić information content (AvgIpc) is 3.17. The van der Waals surface area contributed by atoms with Crippen LogP contribution >= 0.6 is 0 Å². The first-order valence-electron chi connectivity index (χ1n) is 9.92. The van der Waals surface area contributed by atoms with Crippen molar-refractivity contribution < 1.29 is 44.7 Å². The van der Waals surface area contributed by atoms with E-state index in [1.807, 2.05) is 0 Å². The zero-order chi connectivity index (χ0) is 25.3. The average molecular weight is 510 g/mol. The lowest BCUT2D eigenvalue weighted by Crippen LogP contribution is -2.36. The molecule has 2 atom stereocenters. The summed E-state index contributed by atoms with van der Waals surface area (Å²) < 4.78 is 92.6. The number of benzene rings is 1. The number of ether oxygens (including phenoxy) is 1. The molecule has 186 valence electrons. The second kappa shape index (κ2) is 9.68. The SMILES string of the molecule is NS(=O)(=O)c1cc(NC(=C=O)CC2CCCCC2OC(=O)C(F)(F)F)cc2nn(C(F)F)cc12. The molecule has 1 aromatic carbocycles. The van der Waals surface area contributed by atoms with E-state index in [9.17, 15) is 40.0 Å². The molecule has 1 aliphatic carbocycles. The molecule has 0 aliphatic heterocycles. The Kier molecular flexibility index (Phi) is 7.29. The van der Waals surface area contributed by atoms with Gasteiger partial charge in [0, 0.05) is 29.6 Å². The van der Waals surface area contributed by atoms with Gasteiger partial charge in [-0.2, -0.15) is 27.1 Å². The zero-order valence-electron chi connectivity index (χ0n) is 17.3. The zero-order valence-corrected chi connectivity index (χ0v) is 18.1. The van der Waals surface area contributed by atoms with Crippen molar-refractivity contribution in [2.45, 2.75) is 55.8 Å². The number of hydrogen-bond acceptors (Lipinski definition) is 7. The van der Waals surface area contributed by atoms with Crippen LogP contribution in [0.25, 0.3) is 10.9 Å². The maximum absolute atomic E-state index is 13.0. The van der Waals surface area contributed by atoms with E-state index in [0.29, 0.717) is 19.3 Å². The van der Waals surface area contributed by atoms with Gasteiger partial charge in [-0.25, -0.2) is 27.8 Å². The molecule has 1 fully saturated rings. The second-order valence-electron chi connectivity index (χ2n) is 7.73. The summed E-state index contributed by atoms with van der Waals surface area (Å²) in [4.78, 5) is 22.3. The molecule has 34 heavy (non-hydrogen) atoms. The molecule has 2 unspecified atom stereocenters. The van der Waals surface area contributed by atoms with Gasteiger partial charge in [-0.1, -0.05) is 6.42 Å². The smallest absolute Gasteiger partial charge is 0.455 e. The summed E-state index contributed by atoms with van der Waals surface area (Å²) in [6.45, 7) is -3.05. The summed E-state index contributed by atoms with van der Waals surface area (Å²) in [6, 6.07) is 2.21. The van der Waals surface area contributed by atoms with Gasteiger partial charge in [-0.3, -0.25) is 0 Å². The van der Waals surface area contributed by atoms with Crippen molar-refractivity contribution >= 4 is 38.5 Å². The Hall–Kier alpha value is -3.03. The molecule has 3 rings (SSSR count). The highest BCUT2D eigenvalue weighted by Crippen LogP contribution is 2.34. The monoisotopic (exact) mass is 510 g/mol. The fraction of sp³-hybridized carbons (Fsp3) is 0.474. The molecule has 0 radical (unpaired) electrons. The van der Waals surface area contributed by atoms with Crippen LogP contribution in [0.15, 0.2) is 28.9 Å². The third-order valence-electron chi connectivity index (χ3n) is 5.33. The highest BCUT2D eigenvalue weighted by Gasteiger charge is 2.43. The molecule has 0 spiro atoms.